The Balaban J connectivity index is 1.33. The normalized spacial score (nSPS) is 12.6. The van der Waals surface area contributed by atoms with Crippen LogP contribution < -0.4 is 5.32 Å². The van der Waals surface area contributed by atoms with Crippen molar-refractivity contribution < 1.29 is 23.9 Å². The molecule has 0 radical (unpaired) electrons. The van der Waals surface area contributed by atoms with Crippen molar-refractivity contribution in [3.63, 3.8) is 0 Å². The summed E-state index contributed by atoms with van der Waals surface area (Å²) in [5.74, 6) is -1.58. The SMILES string of the molecule is CCOC(=O)c1ccn(-c2ccc(NC(=O)CCN3C(=O)c4ccccc4C3=O)cc2)n1. The predicted octanol–water partition coefficient (Wildman–Crippen LogP) is 2.67. The van der Waals surface area contributed by atoms with Crippen LogP contribution in [0.1, 0.15) is 44.5 Å². The summed E-state index contributed by atoms with van der Waals surface area (Å²) < 4.78 is 6.45. The topological polar surface area (TPSA) is 111 Å². The summed E-state index contributed by atoms with van der Waals surface area (Å²) in [6.07, 6.45) is 1.62. The molecular weight excluding hydrogens is 412 g/mol. The number of aromatic nitrogens is 2. The molecule has 2 aromatic carbocycles. The molecule has 32 heavy (non-hydrogen) atoms. The minimum atomic E-state index is -0.492. The minimum absolute atomic E-state index is 0.000186. The number of amides is 3. The minimum Gasteiger partial charge on any atom is -0.461 e. The third-order valence-electron chi connectivity index (χ3n) is 4.93. The molecule has 1 aliphatic rings. The van der Waals surface area contributed by atoms with E-state index in [-0.39, 0.29) is 43.0 Å². The van der Waals surface area contributed by atoms with Crippen molar-refractivity contribution in [1.29, 1.82) is 0 Å². The molecule has 9 nitrogen and oxygen atoms in total. The number of nitrogens with zero attached hydrogens (tertiary/aromatic N) is 3. The van der Waals surface area contributed by atoms with Gasteiger partial charge in [0.05, 0.1) is 23.4 Å². The van der Waals surface area contributed by atoms with Crippen LogP contribution in [0.25, 0.3) is 5.69 Å². The number of anilines is 1. The quantitative estimate of drug-likeness (QED) is 0.454. The molecule has 0 unspecified atom stereocenters. The van der Waals surface area contributed by atoms with Crippen molar-refractivity contribution >= 4 is 29.4 Å². The first-order valence-electron chi connectivity index (χ1n) is 10.1. The summed E-state index contributed by atoms with van der Waals surface area (Å²) in [4.78, 5) is 49.9. The molecule has 0 aliphatic carbocycles. The van der Waals surface area contributed by atoms with E-state index in [1.165, 1.54) is 4.68 Å². The molecule has 9 heteroatoms. The van der Waals surface area contributed by atoms with Gasteiger partial charge in [-0.15, -0.1) is 0 Å². The Morgan fingerprint density at radius 2 is 1.62 bits per heavy atom. The smallest absolute Gasteiger partial charge is 0.358 e. The fraction of sp³-hybridized carbons (Fsp3) is 0.174. The Hall–Kier alpha value is -4.27. The Bertz CT molecular complexity index is 1160. The first-order chi connectivity index (χ1) is 15.5. The van der Waals surface area contributed by atoms with E-state index in [0.29, 0.717) is 22.5 Å². The molecule has 0 saturated carbocycles. The van der Waals surface area contributed by atoms with E-state index in [1.54, 1.807) is 67.7 Å². The molecule has 1 N–H and O–H groups in total. The number of nitrogens with one attached hydrogen (secondary N) is 1. The number of hydrogen-bond donors (Lipinski definition) is 1. The molecule has 2 heterocycles. The van der Waals surface area contributed by atoms with Gasteiger partial charge >= 0.3 is 5.97 Å². The first-order valence-corrected chi connectivity index (χ1v) is 10.1. The molecule has 1 aliphatic heterocycles. The molecule has 3 amide bonds. The third kappa shape index (κ3) is 4.13. The number of ether oxygens (including phenoxy) is 1. The lowest BCUT2D eigenvalue weighted by Crippen LogP contribution is -2.32. The van der Waals surface area contributed by atoms with Gasteiger partial charge in [-0.2, -0.15) is 5.10 Å². The highest BCUT2D eigenvalue weighted by molar-refractivity contribution is 6.21. The Kier molecular flexibility index (Phi) is 5.80. The van der Waals surface area contributed by atoms with E-state index in [1.807, 2.05) is 0 Å². The van der Waals surface area contributed by atoms with E-state index in [0.717, 1.165) is 4.90 Å². The van der Waals surface area contributed by atoms with E-state index < -0.39 is 5.97 Å². The van der Waals surface area contributed by atoms with Gasteiger partial charge < -0.3 is 10.1 Å². The zero-order valence-electron chi connectivity index (χ0n) is 17.3. The highest BCUT2D eigenvalue weighted by atomic mass is 16.5. The van der Waals surface area contributed by atoms with Crippen LogP contribution in [-0.4, -0.2) is 51.5 Å². The van der Waals surface area contributed by atoms with Crippen LogP contribution in [-0.2, 0) is 9.53 Å². The van der Waals surface area contributed by atoms with Crippen molar-refractivity contribution in [3.8, 4) is 5.69 Å². The van der Waals surface area contributed by atoms with Crippen molar-refractivity contribution in [1.82, 2.24) is 14.7 Å². The zero-order chi connectivity index (χ0) is 22.7. The lowest BCUT2D eigenvalue weighted by Gasteiger charge is -2.13. The number of carbonyl (C=O) groups excluding carboxylic acids is 4. The second kappa shape index (κ2) is 8.84. The predicted molar refractivity (Wildman–Crippen MR) is 115 cm³/mol. The molecule has 0 atom stereocenters. The van der Waals surface area contributed by atoms with Crippen molar-refractivity contribution in [2.45, 2.75) is 13.3 Å². The molecule has 0 bridgehead atoms. The third-order valence-corrected chi connectivity index (χ3v) is 4.93. The van der Waals surface area contributed by atoms with Crippen LogP contribution in [0.3, 0.4) is 0 Å². The van der Waals surface area contributed by atoms with Gasteiger partial charge in [0.1, 0.15) is 0 Å². The number of carbonyl (C=O) groups is 4. The lowest BCUT2D eigenvalue weighted by atomic mass is 10.1. The van der Waals surface area contributed by atoms with Gasteiger partial charge in [0.25, 0.3) is 11.8 Å². The maximum Gasteiger partial charge on any atom is 0.358 e. The largest absolute Gasteiger partial charge is 0.461 e. The lowest BCUT2D eigenvalue weighted by molar-refractivity contribution is -0.116. The Morgan fingerprint density at radius 3 is 2.25 bits per heavy atom. The van der Waals surface area contributed by atoms with Crippen molar-refractivity contribution in [2.24, 2.45) is 0 Å². The highest BCUT2D eigenvalue weighted by Gasteiger charge is 2.34. The summed E-state index contributed by atoms with van der Waals surface area (Å²) in [6.45, 7) is 2.00. The molecule has 0 saturated heterocycles. The van der Waals surface area contributed by atoms with Gasteiger partial charge in [0.15, 0.2) is 5.69 Å². The van der Waals surface area contributed by atoms with Gasteiger partial charge in [-0.1, -0.05) is 12.1 Å². The van der Waals surface area contributed by atoms with E-state index in [9.17, 15) is 19.2 Å². The molecule has 1 aromatic heterocycles. The maximum atomic E-state index is 12.4. The fourth-order valence-electron chi connectivity index (χ4n) is 3.36. The number of hydrogen-bond acceptors (Lipinski definition) is 6. The van der Waals surface area contributed by atoms with Gasteiger partial charge in [-0.05, 0) is 49.4 Å². The van der Waals surface area contributed by atoms with E-state index >= 15 is 0 Å². The van der Waals surface area contributed by atoms with Crippen LogP contribution in [0.5, 0.6) is 0 Å². The average Bonchev–Trinajstić information content (AvgIpc) is 3.38. The number of rotatable bonds is 7. The van der Waals surface area contributed by atoms with Crippen LogP contribution in [0.4, 0.5) is 5.69 Å². The van der Waals surface area contributed by atoms with Crippen LogP contribution in [0.15, 0.2) is 60.8 Å². The van der Waals surface area contributed by atoms with E-state index in [2.05, 4.69) is 10.4 Å². The van der Waals surface area contributed by atoms with Crippen LogP contribution >= 0.6 is 0 Å². The van der Waals surface area contributed by atoms with Gasteiger partial charge in [-0.3, -0.25) is 19.3 Å². The summed E-state index contributed by atoms with van der Waals surface area (Å²) in [5.41, 5.74) is 2.18. The number of esters is 1. The van der Waals surface area contributed by atoms with E-state index in [4.69, 9.17) is 4.74 Å². The fourth-order valence-corrected chi connectivity index (χ4v) is 3.36. The van der Waals surface area contributed by atoms with Gasteiger partial charge in [-0.25, -0.2) is 9.48 Å². The summed E-state index contributed by atoms with van der Waals surface area (Å²) in [5, 5.41) is 6.92. The van der Waals surface area contributed by atoms with Crippen LogP contribution in [0, 0.1) is 0 Å². The first kappa shape index (κ1) is 21.0. The highest BCUT2D eigenvalue weighted by Crippen LogP contribution is 2.22. The van der Waals surface area contributed by atoms with Crippen molar-refractivity contribution in [3.05, 3.63) is 77.6 Å². The Labute approximate surface area is 183 Å². The standard InChI is InChI=1S/C23H20N4O5/c1-2-32-23(31)19-11-14-27(25-19)16-9-7-15(8-10-16)24-20(28)12-13-26-21(29)17-5-3-4-6-18(17)22(26)30/h3-11,14H,2,12-13H2,1H3,(H,24,28). The zero-order valence-corrected chi connectivity index (χ0v) is 17.3. The van der Waals surface area contributed by atoms with Gasteiger partial charge in [0.2, 0.25) is 5.91 Å². The van der Waals surface area contributed by atoms with Crippen LogP contribution in [0.2, 0.25) is 0 Å². The number of fused-ring (bicyclic) bond motifs is 1. The molecule has 162 valence electrons. The van der Waals surface area contributed by atoms with Gasteiger partial charge in [0, 0.05) is 24.8 Å². The second-order valence-corrected chi connectivity index (χ2v) is 7.02. The van der Waals surface area contributed by atoms with Crippen molar-refractivity contribution in [2.75, 3.05) is 18.5 Å². The molecule has 3 aromatic rings. The average molecular weight is 432 g/mol. The number of imide groups is 1. The second-order valence-electron chi connectivity index (χ2n) is 7.02. The molecule has 0 spiro atoms. The molecular formula is C23H20N4O5. The summed E-state index contributed by atoms with van der Waals surface area (Å²) in [6, 6.07) is 15.0. The Morgan fingerprint density at radius 1 is 0.969 bits per heavy atom. The monoisotopic (exact) mass is 432 g/mol. The molecule has 0 fully saturated rings. The number of benzene rings is 2. The molecule has 4 rings (SSSR count). The summed E-state index contributed by atoms with van der Waals surface area (Å²) >= 11 is 0. The summed E-state index contributed by atoms with van der Waals surface area (Å²) in [7, 11) is 0. The maximum absolute atomic E-state index is 12.4.